The lowest BCUT2D eigenvalue weighted by molar-refractivity contribution is -0.157. The zero-order valence-corrected chi connectivity index (χ0v) is 16.2. The molecule has 0 unspecified atom stereocenters. The van der Waals surface area contributed by atoms with Crippen molar-refractivity contribution in [2.75, 3.05) is 33.7 Å². The minimum absolute atomic E-state index is 0. The van der Waals surface area contributed by atoms with Crippen molar-refractivity contribution in [1.82, 2.24) is 15.5 Å². The molecular weight excluding hydrogens is 455 g/mol. The summed E-state index contributed by atoms with van der Waals surface area (Å²) < 4.78 is 49.4. The summed E-state index contributed by atoms with van der Waals surface area (Å²) in [6, 6.07) is 6.03. The summed E-state index contributed by atoms with van der Waals surface area (Å²) in [5, 5.41) is 5.58. The molecule has 5 nitrogen and oxygen atoms in total. The van der Waals surface area contributed by atoms with Crippen LogP contribution in [-0.4, -0.2) is 56.7 Å². The first-order valence-corrected chi connectivity index (χ1v) is 7.21. The van der Waals surface area contributed by atoms with Gasteiger partial charge >= 0.3 is 6.18 Å². The van der Waals surface area contributed by atoms with Crippen LogP contribution in [0.3, 0.4) is 0 Å². The molecule has 0 spiro atoms. The van der Waals surface area contributed by atoms with Gasteiger partial charge in [-0.25, -0.2) is 4.39 Å². The topological polar surface area (TPSA) is 56.7 Å². The number of hydrogen-bond donors (Lipinski definition) is 2. The van der Waals surface area contributed by atoms with Crippen molar-refractivity contribution < 1.29 is 22.4 Å². The van der Waals surface area contributed by atoms with E-state index in [2.05, 4.69) is 15.6 Å². The summed E-state index contributed by atoms with van der Waals surface area (Å²) >= 11 is 0. The van der Waals surface area contributed by atoms with E-state index >= 15 is 0 Å². The number of likely N-dealkylation sites (N-methyl/N-ethyl adjacent to an activating group) is 1. The van der Waals surface area contributed by atoms with Crippen LogP contribution in [0.1, 0.15) is 5.56 Å². The zero-order chi connectivity index (χ0) is 18.2. The number of alkyl halides is 3. The predicted octanol–water partition coefficient (Wildman–Crippen LogP) is 2.17. The minimum atomic E-state index is -4.43. The molecule has 10 heteroatoms. The lowest BCUT2D eigenvalue weighted by atomic mass is 10.1. The molecular formula is C15H21F4IN4O. The first kappa shape index (κ1) is 23.4. The van der Waals surface area contributed by atoms with Crippen molar-refractivity contribution in [1.29, 1.82) is 0 Å². The van der Waals surface area contributed by atoms with Crippen molar-refractivity contribution in [3.63, 3.8) is 0 Å². The second-order valence-electron chi connectivity index (χ2n) is 5.09. The average molecular weight is 476 g/mol. The summed E-state index contributed by atoms with van der Waals surface area (Å²) in [5.41, 5.74) is 0.917. The molecule has 2 N–H and O–H groups in total. The van der Waals surface area contributed by atoms with Gasteiger partial charge in [-0.3, -0.25) is 9.79 Å². The van der Waals surface area contributed by atoms with Gasteiger partial charge in [-0.05, 0) is 24.1 Å². The number of carbonyl (C=O) groups is 1. The number of aliphatic imine (C=N–C) groups is 1. The molecule has 0 saturated heterocycles. The van der Waals surface area contributed by atoms with Gasteiger partial charge in [-0.15, -0.1) is 24.0 Å². The number of rotatable bonds is 6. The zero-order valence-electron chi connectivity index (χ0n) is 13.9. The number of halogens is 5. The second-order valence-corrected chi connectivity index (χ2v) is 5.09. The molecule has 0 radical (unpaired) electrons. The van der Waals surface area contributed by atoms with E-state index in [-0.39, 0.29) is 36.3 Å². The molecule has 0 heterocycles. The van der Waals surface area contributed by atoms with Gasteiger partial charge in [0.25, 0.3) is 0 Å². The maximum absolute atomic E-state index is 12.8. The van der Waals surface area contributed by atoms with E-state index in [1.54, 1.807) is 12.1 Å². The summed E-state index contributed by atoms with van der Waals surface area (Å²) in [6.45, 7) is -1.13. The Morgan fingerprint density at radius 2 is 1.80 bits per heavy atom. The van der Waals surface area contributed by atoms with Crippen molar-refractivity contribution in [2.24, 2.45) is 4.99 Å². The van der Waals surface area contributed by atoms with Crippen molar-refractivity contribution in [2.45, 2.75) is 12.6 Å². The fraction of sp³-hybridized carbons (Fsp3) is 0.467. The lowest BCUT2D eigenvalue weighted by Gasteiger charge is -2.20. The molecule has 25 heavy (non-hydrogen) atoms. The average Bonchev–Trinajstić information content (AvgIpc) is 2.50. The molecule has 1 rings (SSSR count). The van der Waals surface area contributed by atoms with Crippen molar-refractivity contribution in [3.05, 3.63) is 35.6 Å². The number of amides is 1. The predicted molar refractivity (Wildman–Crippen MR) is 98.6 cm³/mol. The van der Waals surface area contributed by atoms with Crippen molar-refractivity contribution in [3.8, 4) is 0 Å². The number of hydrogen-bond acceptors (Lipinski definition) is 2. The molecule has 0 aliphatic heterocycles. The van der Waals surface area contributed by atoms with Gasteiger partial charge in [0.05, 0.1) is 6.54 Å². The number of guanidine groups is 1. The molecule has 0 atom stereocenters. The van der Waals surface area contributed by atoms with Crippen LogP contribution in [0, 0.1) is 5.82 Å². The highest BCUT2D eigenvalue weighted by Gasteiger charge is 2.31. The Kier molecular flexibility index (Phi) is 10.4. The lowest BCUT2D eigenvalue weighted by Crippen LogP contribution is -2.45. The molecule has 1 amide bonds. The third-order valence-corrected chi connectivity index (χ3v) is 3.09. The highest BCUT2D eigenvalue weighted by molar-refractivity contribution is 14.0. The van der Waals surface area contributed by atoms with Gasteiger partial charge in [0, 0.05) is 20.6 Å². The highest BCUT2D eigenvalue weighted by atomic mass is 127. The SMILES string of the molecule is CN=C(NCCc1ccc(F)cc1)NCC(=O)N(C)CC(F)(F)F.I. The molecule has 0 aliphatic rings. The van der Waals surface area contributed by atoms with Gasteiger partial charge in [-0.2, -0.15) is 13.2 Å². The van der Waals surface area contributed by atoms with E-state index < -0.39 is 18.6 Å². The summed E-state index contributed by atoms with van der Waals surface area (Å²) in [7, 11) is 2.57. The van der Waals surface area contributed by atoms with E-state index in [9.17, 15) is 22.4 Å². The van der Waals surface area contributed by atoms with Gasteiger partial charge in [-0.1, -0.05) is 12.1 Å². The van der Waals surface area contributed by atoms with Crippen LogP contribution in [0.2, 0.25) is 0 Å². The Bertz CT molecular complexity index is 564. The molecule has 142 valence electrons. The normalized spacial score (nSPS) is 11.5. The Hall–Kier alpha value is -1.59. The third kappa shape index (κ3) is 10.1. The number of benzene rings is 1. The quantitative estimate of drug-likeness (QED) is 0.287. The van der Waals surface area contributed by atoms with Gasteiger partial charge in [0.15, 0.2) is 5.96 Å². The third-order valence-electron chi connectivity index (χ3n) is 3.09. The maximum Gasteiger partial charge on any atom is 0.406 e. The standard InChI is InChI=1S/C15H20F4N4O.HI/c1-20-14(21-8-7-11-3-5-12(16)6-4-11)22-9-13(24)23(2)10-15(17,18)19;/h3-6H,7-10H2,1-2H3,(H2,20,21,22);1H. The van der Waals surface area contributed by atoms with Gasteiger partial charge in [0.1, 0.15) is 12.4 Å². The maximum atomic E-state index is 12.8. The fourth-order valence-electron chi connectivity index (χ4n) is 1.85. The largest absolute Gasteiger partial charge is 0.406 e. The number of carbonyl (C=O) groups excluding carboxylic acids is 1. The Morgan fingerprint density at radius 1 is 1.20 bits per heavy atom. The van der Waals surface area contributed by atoms with Crippen LogP contribution in [0.5, 0.6) is 0 Å². The molecule has 0 saturated carbocycles. The van der Waals surface area contributed by atoms with Crippen LogP contribution in [-0.2, 0) is 11.2 Å². The monoisotopic (exact) mass is 476 g/mol. The molecule has 0 aliphatic carbocycles. The van der Waals surface area contributed by atoms with E-state index in [0.717, 1.165) is 12.6 Å². The highest BCUT2D eigenvalue weighted by Crippen LogP contribution is 2.15. The Labute approximate surface area is 160 Å². The van der Waals surface area contributed by atoms with Crippen LogP contribution >= 0.6 is 24.0 Å². The van der Waals surface area contributed by atoms with Crippen LogP contribution < -0.4 is 10.6 Å². The Balaban J connectivity index is 0.00000576. The van der Waals surface area contributed by atoms with E-state index in [1.807, 2.05) is 0 Å². The molecule has 0 fully saturated rings. The first-order valence-electron chi connectivity index (χ1n) is 7.21. The summed E-state index contributed by atoms with van der Waals surface area (Å²) in [5.74, 6) is -0.717. The van der Waals surface area contributed by atoms with E-state index in [1.165, 1.54) is 19.2 Å². The van der Waals surface area contributed by atoms with Crippen LogP contribution in [0.4, 0.5) is 17.6 Å². The fourth-order valence-corrected chi connectivity index (χ4v) is 1.85. The Morgan fingerprint density at radius 3 is 2.32 bits per heavy atom. The second kappa shape index (κ2) is 11.1. The molecule has 1 aromatic carbocycles. The van der Waals surface area contributed by atoms with Crippen molar-refractivity contribution >= 4 is 35.8 Å². The van der Waals surface area contributed by atoms with Crippen LogP contribution in [0.25, 0.3) is 0 Å². The first-order chi connectivity index (χ1) is 11.2. The van der Waals surface area contributed by atoms with Gasteiger partial charge in [0.2, 0.25) is 5.91 Å². The smallest absolute Gasteiger partial charge is 0.356 e. The number of nitrogens with one attached hydrogen (secondary N) is 2. The molecule has 0 bridgehead atoms. The summed E-state index contributed by atoms with van der Waals surface area (Å²) in [6.07, 6.45) is -3.83. The van der Waals surface area contributed by atoms with E-state index in [0.29, 0.717) is 23.8 Å². The van der Waals surface area contributed by atoms with Crippen LogP contribution in [0.15, 0.2) is 29.3 Å². The van der Waals surface area contributed by atoms with Gasteiger partial charge < -0.3 is 15.5 Å². The van der Waals surface area contributed by atoms with E-state index in [4.69, 9.17) is 0 Å². The number of nitrogens with zero attached hydrogens (tertiary/aromatic N) is 2. The molecule has 1 aromatic rings. The molecule has 0 aromatic heterocycles. The minimum Gasteiger partial charge on any atom is -0.356 e. The summed E-state index contributed by atoms with van der Waals surface area (Å²) in [4.78, 5) is 16.1.